The fraction of sp³-hybridized carbons (Fsp3) is 0.200. The van der Waals surface area contributed by atoms with Gasteiger partial charge in [-0.15, -0.1) is 11.3 Å². The molecule has 1 aliphatic rings. The topological polar surface area (TPSA) is 84.0 Å². The smallest absolute Gasteiger partial charge is 0.257 e. The van der Waals surface area contributed by atoms with E-state index in [4.69, 9.17) is 0 Å². The molecular weight excluding hydrogens is 360 g/mol. The van der Waals surface area contributed by atoms with E-state index in [1.54, 1.807) is 30.7 Å². The highest BCUT2D eigenvalue weighted by Gasteiger charge is 2.27. The van der Waals surface area contributed by atoms with E-state index in [2.05, 4.69) is 20.6 Å². The van der Waals surface area contributed by atoms with E-state index in [1.165, 1.54) is 22.4 Å². The minimum Gasteiger partial charge on any atom is -0.348 e. The number of rotatable bonds is 5. The van der Waals surface area contributed by atoms with Gasteiger partial charge in [-0.25, -0.2) is 0 Å². The molecule has 3 heterocycles. The molecule has 7 heteroatoms. The number of thiophene rings is 1. The molecule has 6 nitrogen and oxygen atoms in total. The molecule has 0 aromatic carbocycles. The third-order valence-electron chi connectivity index (χ3n) is 4.50. The Bertz CT molecular complexity index is 970. The van der Waals surface area contributed by atoms with Crippen LogP contribution in [0.1, 0.15) is 43.1 Å². The molecule has 0 bridgehead atoms. The normalized spacial score (nSPS) is 12.4. The van der Waals surface area contributed by atoms with Crippen molar-refractivity contribution in [1.29, 1.82) is 0 Å². The summed E-state index contributed by atoms with van der Waals surface area (Å²) < 4.78 is 0. The van der Waals surface area contributed by atoms with Gasteiger partial charge < -0.3 is 10.6 Å². The minimum absolute atomic E-state index is 0.160. The van der Waals surface area contributed by atoms with Crippen LogP contribution in [0.4, 0.5) is 5.00 Å². The molecule has 0 atom stereocenters. The summed E-state index contributed by atoms with van der Waals surface area (Å²) in [5.41, 5.74) is 3.10. The highest BCUT2D eigenvalue weighted by atomic mass is 32.1. The number of nitrogens with one attached hydrogen (secondary N) is 2. The van der Waals surface area contributed by atoms with Crippen LogP contribution in [-0.4, -0.2) is 21.8 Å². The predicted octanol–water partition coefficient (Wildman–Crippen LogP) is 3.21. The van der Waals surface area contributed by atoms with Gasteiger partial charge in [0.25, 0.3) is 11.8 Å². The summed E-state index contributed by atoms with van der Waals surface area (Å²) >= 11 is 1.50. The van der Waals surface area contributed by atoms with Gasteiger partial charge in [-0.2, -0.15) is 0 Å². The quantitative estimate of drug-likeness (QED) is 0.714. The van der Waals surface area contributed by atoms with Gasteiger partial charge >= 0.3 is 0 Å². The van der Waals surface area contributed by atoms with Crippen LogP contribution in [0.5, 0.6) is 0 Å². The average Bonchev–Trinajstić information content (AvgIpc) is 3.28. The summed E-state index contributed by atoms with van der Waals surface area (Å²) in [7, 11) is 0. The van der Waals surface area contributed by atoms with Crippen LogP contribution >= 0.6 is 11.3 Å². The largest absolute Gasteiger partial charge is 0.348 e. The summed E-state index contributed by atoms with van der Waals surface area (Å²) in [6, 6.07) is 7.14. The second-order valence-electron chi connectivity index (χ2n) is 6.30. The number of anilines is 1. The van der Waals surface area contributed by atoms with Crippen molar-refractivity contribution in [3.05, 3.63) is 76.2 Å². The number of fused-ring (bicyclic) bond motifs is 1. The van der Waals surface area contributed by atoms with Crippen LogP contribution in [0, 0.1) is 0 Å². The van der Waals surface area contributed by atoms with Crippen LogP contribution in [0.3, 0.4) is 0 Å². The van der Waals surface area contributed by atoms with Gasteiger partial charge in [0.2, 0.25) is 0 Å². The van der Waals surface area contributed by atoms with Gasteiger partial charge in [0.15, 0.2) is 0 Å². The van der Waals surface area contributed by atoms with Crippen molar-refractivity contribution in [2.75, 3.05) is 5.32 Å². The highest BCUT2D eigenvalue weighted by Crippen LogP contribution is 2.39. The lowest BCUT2D eigenvalue weighted by molar-refractivity contribution is 0.0951. The minimum atomic E-state index is -0.258. The number of aromatic nitrogens is 2. The first-order valence-electron chi connectivity index (χ1n) is 8.75. The van der Waals surface area contributed by atoms with Crippen molar-refractivity contribution in [1.82, 2.24) is 15.3 Å². The van der Waals surface area contributed by atoms with Crippen LogP contribution in [0.25, 0.3) is 0 Å². The van der Waals surface area contributed by atoms with Crippen molar-refractivity contribution in [3.8, 4) is 0 Å². The first-order chi connectivity index (χ1) is 13.2. The predicted molar refractivity (Wildman–Crippen MR) is 104 cm³/mol. The zero-order valence-corrected chi connectivity index (χ0v) is 15.4. The van der Waals surface area contributed by atoms with Crippen molar-refractivity contribution in [2.45, 2.75) is 25.8 Å². The van der Waals surface area contributed by atoms with Crippen LogP contribution < -0.4 is 10.6 Å². The molecule has 3 aromatic heterocycles. The maximum absolute atomic E-state index is 12.9. The lowest BCUT2D eigenvalue weighted by Gasteiger charge is -2.09. The van der Waals surface area contributed by atoms with E-state index in [-0.39, 0.29) is 11.8 Å². The molecule has 0 aliphatic heterocycles. The molecule has 0 fully saturated rings. The third kappa shape index (κ3) is 3.73. The SMILES string of the molecule is O=C(Nc1sc2c(c1C(=O)NCc1ccncc1)CCC2)c1cccnc1. The van der Waals surface area contributed by atoms with Crippen LogP contribution in [0.2, 0.25) is 0 Å². The van der Waals surface area contributed by atoms with Crippen molar-refractivity contribution >= 4 is 28.2 Å². The molecule has 0 saturated heterocycles. The van der Waals surface area contributed by atoms with Crippen LogP contribution in [0.15, 0.2) is 49.1 Å². The Morgan fingerprint density at radius 2 is 1.89 bits per heavy atom. The Morgan fingerprint density at radius 3 is 2.67 bits per heavy atom. The molecule has 0 saturated carbocycles. The first kappa shape index (κ1) is 17.4. The number of nitrogens with zero attached hydrogens (tertiary/aromatic N) is 2. The lowest BCUT2D eigenvalue weighted by atomic mass is 10.1. The number of aryl methyl sites for hydroxylation is 1. The number of hydrogen-bond donors (Lipinski definition) is 2. The van der Waals surface area contributed by atoms with Gasteiger partial charge in [0.05, 0.1) is 11.1 Å². The second kappa shape index (κ2) is 7.67. The Kier molecular flexibility index (Phi) is 4.93. The number of pyridine rings is 2. The summed E-state index contributed by atoms with van der Waals surface area (Å²) in [4.78, 5) is 34.5. The lowest BCUT2D eigenvalue weighted by Crippen LogP contribution is -2.25. The number of carbonyl (C=O) groups is 2. The summed E-state index contributed by atoms with van der Waals surface area (Å²) in [6.07, 6.45) is 9.39. The van der Waals surface area contributed by atoms with Gasteiger partial charge in [-0.3, -0.25) is 19.6 Å². The number of amides is 2. The van der Waals surface area contributed by atoms with E-state index in [0.29, 0.717) is 22.7 Å². The standard InChI is InChI=1S/C20H18N4O2S/c25-18(14-3-2-8-22-12-14)24-20-17(15-4-1-5-16(15)27-20)19(26)23-11-13-6-9-21-10-7-13/h2-3,6-10,12H,1,4-5,11H2,(H,23,26)(H,24,25). The molecule has 2 amide bonds. The van der Waals surface area contributed by atoms with Gasteiger partial charge in [-0.05, 0) is 54.7 Å². The zero-order chi connectivity index (χ0) is 18.6. The first-order valence-corrected chi connectivity index (χ1v) is 9.57. The summed E-state index contributed by atoms with van der Waals surface area (Å²) in [6.45, 7) is 0.419. The van der Waals surface area contributed by atoms with Crippen molar-refractivity contribution in [3.63, 3.8) is 0 Å². The van der Waals surface area contributed by atoms with Gasteiger partial charge in [0, 0.05) is 36.2 Å². The van der Waals surface area contributed by atoms with Gasteiger partial charge in [0.1, 0.15) is 5.00 Å². The molecule has 27 heavy (non-hydrogen) atoms. The molecule has 4 rings (SSSR count). The average molecular weight is 378 g/mol. The molecule has 0 unspecified atom stereocenters. The fourth-order valence-corrected chi connectivity index (χ4v) is 4.46. The molecular formula is C20H18N4O2S. The zero-order valence-electron chi connectivity index (χ0n) is 14.6. The van der Waals surface area contributed by atoms with E-state index < -0.39 is 0 Å². The Balaban J connectivity index is 1.56. The third-order valence-corrected chi connectivity index (χ3v) is 5.71. The molecule has 136 valence electrons. The molecule has 2 N–H and O–H groups in total. The highest BCUT2D eigenvalue weighted by molar-refractivity contribution is 7.17. The number of carbonyl (C=O) groups excluding carboxylic acids is 2. The molecule has 1 aliphatic carbocycles. The maximum Gasteiger partial charge on any atom is 0.257 e. The number of hydrogen-bond acceptors (Lipinski definition) is 5. The van der Waals surface area contributed by atoms with Crippen molar-refractivity contribution < 1.29 is 9.59 Å². The van der Waals surface area contributed by atoms with E-state index in [1.807, 2.05) is 12.1 Å². The maximum atomic E-state index is 12.9. The Morgan fingerprint density at radius 1 is 1.04 bits per heavy atom. The summed E-state index contributed by atoms with van der Waals surface area (Å²) in [5, 5.41) is 6.48. The van der Waals surface area contributed by atoms with E-state index in [9.17, 15) is 9.59 Å². The Labute approximate surface area is 160 Å². The fourth-order valence-electron chi connectivity index (χ4n) is 3.18. The molecule has 3 aromatic rings. The monoisotopic (exact) mass is 378 g/mol. The van der Waals surface area contributed by atoms with E-state index >= 15 is 0 Å². The van der Waals surface area contributed by atoms with Crippen LogP contribution in [-0.2, 0) is 19.4 Å². The summed E-state index contributed by atoms with van der Waals surface area (Å²) in [5.74, 6) is -0.418. The van der Waals surface area contributed by atoms with E-state index in [0.717, 1.165) is 30.4 Å². The second-order valence-corrected chi connectivity index (χ2v) is 7.40. The van der Waals surface area contributed by atoms with Gasteiger partial charge in [-0.1, -0.05) is 0 Å². The molecule has 0 spiro atoms. The Hall–Kier alpha value is -3.06. The van der Waals surface area contributed by atoms with Crippen molar-refractivity contribution in [2.24, 2.45) is 0 Å². The molecule has 0 radical (unpaired) electrons.